The third-order valence-corrected chi connectivity index (χ3v) is 4.02. The van der Waals surface area contributed by atoms with E-state index in [-0.39, 0.29) is 0 Å². The van der Waals surface area contributed by atoms with Gasteiger partial charge in [-0.1, -0.05) is 25.4 Å². The molecule has 0 N–H and O–H groups in total. The molecular formula is C13H21ClN4. The van der Waals surface area contributed by atoms with Crippen LogP contribution in [0, 0.1) is 0 Å². The summed E-state index contributed by atoms with van der Waals surface area (Å²) in [5.74, 6) is 1.01. The summed E-state index contributed by atoms with van der Waals surface area (Å²) >= 11 is 6.15. The van der Waals surface area contributed by atoms with Crippen LogP contribution < -0.4 is 4.90 Å². The molecule has 0 bridgehead atoms. The zero-order valence-electron chi connectivity index (χ0n) is 11.4. The highest BCUT2D eigenvalue weighted by Gasteiger charge is 2.25. The minimum Gasteiger partial charge on any atom is -0.353 e. The highest BCUT2D eigenvalue weighted by Crippen LogP contribution is 2.25. The van der Waals surface area contributed by atoms with Gasteiger partial charge in [0.15, 0.2) is 0 Å². The molecule has 1 aromatic rings. The Morgan fingerprint density at radius 1 is 1.33 bits per heavy atom. The quantitative estimate of drug-likeness (QED) is 0.787. The Morgan fingerprint density at radius 3 is 2.72 bits per heavy atom. The molecule has 0 amide bonds. The van der Waals surface area contributed by atoms with Crippen LogP contribution in [0.5, 0.6) is 0 Å². The molecule has 2 heterocycles. The van der Waals surface area contributed by atoms with Gasteiger partial charge in [-0.15, -0.1) is 0 Å². The van der Waals surface area contributed by atoms with E-state index in [4.69, 9.17) is 11.6 Å². The summed E-state index contributed by atoms with van der Waals surface area (Å²) < 4.78 is 0. The van der Waals surface area contributed by atoms with Gasteiger partial charge < -0.3 is 4.90 Å². The van der Waals surface area contributed by atoms with Crippen molar-refractivity contribution in [2.75, 3.05) is 31.1 Å². The average Bonchev–Trinajstić information content (AvgIpc) is 2.38. The van der Waals surface area contributed by atoms with E-state index in [2.05, 4.69) is 40.5 Å². The van der Waals surface area contributed by atoms with Crippen molar-refractivity contribution in [3.05, 3.63) is 17.0 Å². The van der Waals surface area contributed by atoms with E-state index in [1.807, 2.05) is 0 Å². The number of rotatable bonds is 3. The zero-order chi connectivity index (χ0) is 13.1. The number of aromatic nitrogens is 2. The van der Waals surface area contributed by atoms with Gasteiger partial charge in [0.05, 0.1) is 0 Å². The highest BCUT2D eigenvalue weighted by molar-refractivity contribution is 6.30. The second-order valence-corrected chi connectivity index (χ2v) is 5.10. The Bertz CT molecular complexity index is 410. The summed E-state index contributed by atoms with van der Waals surface area (Å²) in [6, 6.07) is 0.558. The van der Waals surface area contributed by atoms with Gasteiger partial charge in [-0.2, -0.15) is 0 Å². The van der Waals surface area contributed by atoms with Gasteiger partial charge in [0, 0.05) is 31.2 Å². The normalized spacial score (nSPS) is 21.3. The van der Waals surface area contributed by atoms with Gasteiger partial charge in [0.25, 0.3) is 0 Å². The van der Waals surface area contributed by atoms with Crippen LogP contribution >= 0.6 is 11.6 Å². The first-order valence-corrected chi connectivity index (χ1v) is 7.03. The summed E-state index contributed by atoms with van der Waals surface area (Å²) in [5.41, 5.74) is 1.07. The van der Waals surface area contributed by atoms with Gasteiger partial charge in [-0.05, 0) is 19.9 Å². The number of hydrogen-bond acceptors (Lipinski definition) is 4. The molecular weight excluding hydrogens is 248 g/mol. The Morgan fingerprint density at radius 2 is 2.11 bits per heavy atom. The van der Waals surface area contributed by atoms with Crippen molar-refractivity contribution < 1.29 is 0 Å². The Balaban J connectivity index is 2.20. The molecule has 0 saturated carbocycles. The van der Waals surface area contributed by atoms with E-state index < -0.39 is 0 Å². The Kier molecular flexibility index (Phi) is 4.40. The van der Waals surface area contributed by atoms with Crippen molar-refractivity contribution in [1.29, 1.82) is 0 Å². The van der Waals surface area contributed by atoms with Crippen LogP contribution in [0.4, 0.5) is 5.82 Å². The minimum absolute atomic E-state index is 0.558. The molecule has 0 spiro atoms. The van der Waals surface area contributed by atoms with Crippen molar-refractivity contribution in [3.8, 4) is 0 Å². The number of halogens is 1. The van der Waals surface area contributed by atoms with Crippen molar-refractivity contribution in [2.24, 2.45) is 0 Å². The van der Waals surface area contributed by atoms with Gasteiger partial charge in [0.2, 0.25) is 0 Å². The monoisotopic (exact) mass is 268 g/mol. The third-order valence-electron chi connectivity index (χ3n) is 3.69. The van der Waals surface area contributed by atoms with Crippen LogP contribution in [0.2, 0.25) is 5.15 Å². The van der Waals surface area contributed by atoms with Gasteiger partial charge in [-0.25, -0.2) is 9.97 Å². The van der Waals surface area contributed by atoms with E-state index in [9.17, 15) is 0 Å². The third kappa shape index (κ3) is 2.59. The standard InChI is InChI=1S/C13H21ClN4/c1-4-11-12(14)15-9-16-13(11)18-7-6-17(5-2)10(3)8-18/h9-10H,4-8H2,1-3H3. The molecule has 1 atom stereocenters. The first kappa shape index (κ1) is 13.6. The molecule has 1 unspecified atom stereocenters. The summed E-state index contributed by atoms with van der Waals surface area (Å²) in [7, 11) is 0. The van der Waals surface area contributed by atoms with Gasteiger partial charge in [0.1, 0.15) is 17.3 Å². The molecule has 100 valence electrons. The molecule has 1 aliphatic rings. The van der Waals surface area contributed by atoms with Gasteiger partial charge >= 0.3 is 0 Å². The first-order chi connectivity index (χ1) is 8.67. The number of hydrogen-bond donors (Lipinski definition) is 0. The van der Waals surface area contributed by atoms with Crippen LogP contribution in [0.1, 0.15) is 26.3 Å². The second-order valence-electron chi connectivity index (χ2n) is 4.74. The fourth-order valence-corrected chi connectivity index (χ4v) is 2.88. The lowest BCUT2D eigenvalue weighted by atomic mass is 10.1. The largest absolute Gasteiger partial charge is 0.353 e. The van der Waals surface area contributed by atoms with E-state index in [1.165, 1.54) is 0 Å². The van der Waals surface area contributed by atoms with Crippen LogP contribution in [-0.2, 0) is 6.42 Å². The summed E-state index contributed by atoms with van der Waals surface area (Å²) in [4.78, 5) is 13.3. The van der Waals surface area contributed by atoms with Gasteiger partial charge in [-0.3, -0.25) is 4.90 Å². The molecule has 0 radical (unpaired) electrons. The van der Waals surface area contributed by atoms with Crippen LogP contribution in [-0.4, -0.2) is 47.1 Å². The maximum Gasteiger partial charge on any atom is 0.137 e. The van der Waals surface area contributed by atoms with E-state index >= 15 is 0 Å². The first-order valence-electron chi connectivity index (χ1n) is 6.65. The fourth-order valence-electron chi connectivity index (χ4n) is 2.62. The van der Waals surface area contributed by atoms with Crippen molar-refractivity contribution in [1.82, 2.24) is 14.9 Å². The number of anilines is 1. The summed E-state index contributed by atoms with van der Waals surface area (Å²) in [6.07, 6.45) is 2.44. The van der Waals surface area contributed by atoms with Crippen molar-refractivity contribution in [3.63, 3.8) is 0 Å². The van der Waals surface area contributed by atoms with Crippen molar-refractivity contribution >= 4 is 17.4 Å². The molecule has 2 rings (SSSR count). The summed E-state index contributed by atoms with van der Waals surface area (Å²) in [5, 5.41) is 0.591. The molecule has 5 heteroatoms. The Labute approximate surface area is 114 Å². The lowest BCUT2D eigenvalue weighted by Crippen LogP contribution is -2.52. The molecule has 1 saturated heterocycles. The molecule has 18 heavy (non-hydrogen) atoms. The molecule has 1 fully saturated rings. The smallest absolute Gasteiger partial charge is 0.137 e. The van der Waals surface area contributed by atoms with Crippen LogP contribution in [0.15, 0.2) is 6.33 Å². The topological polar surface area (TPSA) is 32.3 Å². The minimum atomic E-state index is 0.558. The van der Waals surface area contributed by atoms with Crippen LogP contribution in [0.3, 0.4) is 0 Å². The maximum atomic E-state index is 6.15. The SMILES string of the molecule is CCc1c(Cl)ncnc1N1CCN(CC)C(C)C1. The number of piperazine rings is 1. The van der Waals surface area contributed by atoms with Crippen LogP contribution in [0.25, 0.3) is 0 Å². The molecule has 4 nitrogen and oxygen atoms in total. The molecule has 0 aromatic carbocycles. The lowest BCUT2D eigenvalue weighted by molar-refractivity contribution is 0.199. The van der Waals surface area contributed by atoms with E-state index in [0.717, 1.165) is 44.0 Å². The Hall–Kier alpha value is -0.870. The predicted octanol–water partition coefficient (Wildman–Crippen LogP) is 2.22. The molecule has 1 aromatic heterocycles. The van der Waals surface area contributed by atoms with E-state index in [1.54, 1.807) is 6.33 Å². The van der Waals surface area contributed by atoms with E-state index in [0.29, 0.717) is 11.2 Å². The summed E-state index contributed by atoms with van der Waals surface area (Å²) in [6.45, 7) is 10.8. The highest BCUT2D eigenvalue weighted by atomic mass is 35.5. The average molecular weight is 269 g/mol. The number of nitrogens with zero attached hydrogens (tertiary/aromatic N) is 4. The molecule has 1 aliphatic heterocycles. The second kappa shape index (κ2) is 5.85. The lowest BCUT2D eigenvalue weighted by Gasteiger charge is -2.40. The zero-order valence-corrected chi connectivity index (χ0v) is 12.1. The maximum absolute atomic E-state index is 6.15. The molecule has 0 aliphatic carbocycles. The number of likely N-dealkylation sites (N-methyl/N-ethyl adjacent to an activating group) is 1. The van der Waals surface area contributed by atoms with Crippen molar-refractivity contribution in [2.45, 2.75) is 33.2 Å². The predicted molar refractivity (Wildman–Crippen MR) is 75.3 cm³/mol. The fraction of sp³-hybridized carbons (Fsp3) is 0.692.